The summed E-state index contributed by atoms with van der Waals surface area (Å²) in [6.45, 7) is 0.188. The second-order valence-corrected chi connectivity index (χ2v) is 3.00. The molecule has 0 aliphatic carbocycles. The molecule has 0 bridgehead atoms. The fourth-order valence-electron chi connectivity index (χ4n) is 1.06. The molecule has 1 heterocycles. The lowest BCUT2D eigenvalue weighted by atomic mass is 10.2. The first-order valence-electron chi connectivity index (χ1n) is 4.11. The van der Waals surface area contributed by atoms with Crippen LogP contribution in [0.5, 0.6) is 0 Å². The molecule has 1 aromatic rings. The van der Waals surface area contributed by atoms with Gasteiger partial charge in [0.2, 0.25) is 0 Å². The Morgan fingerprint density at radius 2 is 2.14 bits per heavy atom. The average Bonchev–Trinajstić information content (AvgIpc) is 2.18. The van der Waals surface area contributed by atoms with Gasteiger partial charge in [0, 0.05) is 19.4 Å². The van der Waals surface area contributed by atoms with Gasteiger partial charge < -0.3 is 15.1 Å². The molecule has 0 fully saturated rings. The van der Waals surface area contributed by atoms with Crippen molar-refractivity contribution in [3.8, 4) is 0 Å². The Morgan fingerprint density at radius 3 is 2.71 bits per heavy atom. The topological polar surface area (TPSA) is 73.7 Å². The Kier molecular flexibility index (Phi) is 3.41. The van der Waals surface area contributed by atoms with Crippen molar-refractivity contribution >= 4 is 6.09 Å². The van der Waals surface area contributed by atoms with E-state index in [9.17, 15) is 4.79 Å². The molecule has 0 saturated carbocycles. The molecule has 5 nitrogen and oxygen atoms in total. The fraction of sp³-hybridized carbons (Fsp3) is 0.333. The third-order valence-electron chi connectivity index (χ3n) is 1.78. The molecule has 0 atom stereocenters. The highest BCUT2D eigenvalue weighted by molar-refractivity contribution is 5.64. The van der Waals surface area contributed by atoms with Crippen LogP contribution in [0.25, 0.3) is 0 Å². The van der Waals surface area contributed by atoms with E-state index in [-0.39, 0.29) is 13.2 Å². The lowest BCUT2D eigenvalue weighted by Crippen LogP contribution is -2.24. The molecule has 14 heavy (non-hydrogen) atoms. The molecule has 1 amide bonds. The number of aliphatic hydroxyl groups is 1. The smallest absolute Gasteiger partial charge is 0.407 e. The predicted octanol–water partition coefficient (Wildman–Crippen LogP) is 0.684. The molecule has 0 saturated heterocycles. The average molecular weight is 196 g/mol. The largest absolute Gasteiger partial charge is 0.465 e. The van der Waals surface area contributed by atoms with Crippen LogP contribution in [0.2, 0.25) is 0 Å². The predicted molar refractivity (Wildman–Crippen MR) is 49.7 cm³/mol. The number of pyridine rings is 1. The zero-order chi connectivity index (χ0) is 10.6. The van der Waals surface area contributed by atoms with Crippen molar-refractivity contribution in [2.45, 2.75) is 13.2 Å². The molecule has 2 N–H and O–H groups in total. The summed E-state index contributed by atoms with van der Waals surface area (Å²) in [5.41, 5.74) is 1.45. The Balaban J connectivity index is 2.71. The molecule has 0 radical (unpaired) electrons. The van der Waals surface area contributed by atoms with Crippen molar-refractivity contribution in [3.05, 3.63) is 29.6 Å². The van der Waals surface area contributed by atoms with Crippen LogP contribution in [0, 0.1) is 0 Å². The zero-order valence-corrected chi connectivity index (χ0v) is 7.84. The summed E-state index contributed by atoms with van der Waals surface area (Å²) in [4.78, 5) is 15.6. The van der Waals surface area contributed by atoms with Crippen LogP contribution < -0.4 is 0 Å². The first kappa shape index (κ1) is 10.5. The molecule has 0 unspecified atom stereocenters. The van der Waals surface area contributed by atoms with Gasteiger partial charge in [0.05, 0.1) is 13.2 Å². The van der Waals surface area contributed by atoms with Crippen LogP contribution in [-0.2, 0) is 13.2 Å². The quantitative estimate of drug-likeness (QED) is 0.745. The van der Waals surface area contributed by atoms with Gasteiger partial charge in [0.15, 0.2) is 0 Å². The Hall–Kier alpha value is -1.62. The summed E-state index contributed by atoms with van der Waals surface area (Å²) in [5, 5.41) is 17.5. The van der Waals surface area contributed by atoms with Crippen LogP contribution in [0.3, 0.4) is 0 Å². The van der Waals surface area contributed by atoms with Gasteiger partial charge in [-0.15, -0.1) is 0 Å². The molecular formula is C9H12N2O3. The molecule has 0 aliphatic rings. The molecule has 0 spiro atoms. The number of carbonyl (C=O) groups is 1. The van der Waals surface area contributed by atoms with Gasteiger partial charge in [-0.2, -0.15) is 0 Å². The van der Waals surface area contributed by atoms with Crippen molar-refractivity contribution in [3.63, 3.8) is 0 Å². The minimum Gasteiger partial charge on any atom is -0.465 e. The van der Waals surface area contributed by atoms with E-state index < -0.39 is 6.09 Å². The third-order valence-corrected chi connectivity index (χ3v) is 1.78. The summed E-state index contributed by atoms with van der Waals surface area (Å²) >= 11 is 0. The fourth-order valence-corrected chi connectivity index (χ4v) is 1.06. The Bertz CT molecular complexity index is 328. The molecule has 76 valence electrons. The Morgan fingerprint density at radius 1 is 1.50 bits per heavy atom. The maximum Gasteiger partial charge on any atom is 0.407 e. The van der Waals surface area contributed by atoms with E-state index in [4.69, 9.17) is 10.2 Å². The number of rotatable bonds is 3. The number of amides is 1. The second kappa shape index (κ2) is 4.57. The molecule has 0 aromatic carbocycles. The highest BCUT2D eigenvalue weighted by atomic mass is 16.4. The summed E-state index contributed by atoms with van der Waals surface area (Å²) in [6.07, 6.45) is 2.14. The molecule has 5 heteroatoms. The van der Waals surface area contributed by atoms with Crippen LogP contribution in [0.4, 0.5) is 4.79 Å². The number of carboxylic acid groups (broad SMARTS) is 1. The molecular weight excluding hydrogens is 184 g/mol. The van der Waals surface area contributed by atoms with E-state index in [0.29, 0.717) is 5.56 Å². The van der Waals surface area contributed by atoms with E-state index in [1.807, 2.05) is 0 Å². The van der Waals surface area contributed by atoms with Crippen molar-refractivity contribution in [2.75, 3.05) is 7.05 Å². The van der Waals surface area contributed by atoms with Gasteiger partial charge in [-0.25, -0.2) is 4.79 Å². The monoisotopic (exact) mass is 196 g/mol. The van der Waals surface area contributed by atoms with Gasteiger partial charge in [0.25, 0.3) is 0 Å². The number of hydrogen-bond donors (Lipinski definition) is 2. The normalized spacial score (nSPS) is 9.86. The van der Waals surface area contributed by atoms with Crippen molar-refractivity contribution in [1.82, 2.24) is 9.88 Å². The summed E-state index contributed by atoms with van der Waals surface area (Å²) < 4.78 is 0. The second-order valence-electron chi connectivity index (χ2n) is 3.00. The maximum absolute atomic E-state index is 10.5. The molecule has 0 aliphatic heterocycles. The van der Waals surface area contributed by atoms with Crippen molar-refractivity contribution < 1.29 is 15.0 Å². The minimum atomic E-state index is -0.987. The lowest BCUT2D eigenvalue weighted by molar-refractivity contribution is 0.153. The van der Waals surface area contributed by atoms with Gasteiger partial charge in [-0.1, -0.05) is 0 Å². The van der Waals surface area contributed by atoms with E-state index in [1.54, 1.807) is 18.5 Å². The van der Waals surface area contributed by atoms with Gasteiger partial charge in [0.1, 0.15) is 0 Å². The highest BCUT2D eigenvalue weighted by Gasteiger charge is 2.06. The SMILES string of the molecule is CN(Cc1cncc(CO)c1)C(=O)O. The highest BCUT2D eigenvalue weighted by Crippen LogP contribution is 2.05. The summed E-state index contributed by atoms with van der Waals surface area (Å²) in [7, 11) is 1.48. The van der Waals surface area contributed by atoms with Crippen molar-refractivity contribution in [2.24, 2.45) is 0 Å². The third kappa shape index (κ3) is 2.70. The number of nitrogens with zero attached hydrogens (tertiary/aromatic N) is 2. The van der Waals surface area contributed by atoms with E-state index in [0.717, 1.165) is 10.5 Å². The van der Waals surface area contributed by atoms with Crippen molar-refractivity contribution in [1.29, 1.82) is 0 Å². The van der Waals surface area contributed by atoms with Crippen LogP contribution >= 0.6 is 0 Å². The van der Waals surface area contributed by atoms with Crippen LogP contribution in [-0.4, -0.2) is 33.2 Å². The van der Waals surface area contributed by atoms with Crippen LogP contribution in [0.15, 0.2) is 18.5 Å². The number of hydrogen-bond acceptors (Lipinski definition) is 3. The van der Waals surface area contributed by atoms with E-state index in [1.165, 1.54) is 7.05 Å². The minimum absolute atomic E-state index is 0.0857. The van der Waals surface area contributed by atoms with Gasteiger partial charge >= 0.3 is 6.09 Å². The first-order valence-corrected chi connectivity index (χ1v) is 4.11. The molecule has 1 aromatic heterocycles. The lowest BCUT2D eigenvalue weighted by Gasteiger charge is -2.12. The maximum atomic E-state index is 10.5. The van der Waals surface area contributed by atoms with Gasteiger partial charge in [-0.3, -0.25) is 4.98 Å². The zero-order valence-electron chi connectivity index (χ0n) is 7.84. The Labute approximate surface area is 81.6 Å². The van der Waals surface area contributed by atoms with Gasteiger partial charge in [-0.05, 0) is 17.2 Å². The number of aromatic nitrogens is 1. The molecule has 1 rings (SSSR count). The standard InChI is InChI=1S/C9H12N2O3/c1-11(9(13)14)5-7-2-8(6-12)4-10-3-7/h2-4,12H,5-6H2,1H3,(H,13,14). The first-order chi connectivity index (χ1) is 6.63. The summed E-state index contributed by atoms with van der Waals surface area (Å²) in [6, 6.07) is 1.73. The van der Waals surface area contributed by atoms with E-state index in [2.05, 4.69) is 4.98 Å². The number of aliphatic hydroxyl groups excluding tert-OH is 1. The van der Waals surface area contributed by atoms with Crippen LogP contribution in [0.1, 0.15) is 11.1 Å². The summed E-state index contributed by atoms with van der Waals surface area (Å²) in [5.74, 6) is 0. The van der Waals surface area contributed by atoms with E-state index >= 15 is 0 Å².